The summed E-state index contributed by atoms with van der Waals surface area (Å²) in [5.41, 5.74) is 0.552. The van der Waals surface area contributed by atoms with Gasteiger partial charge in [0.05, 0.1) is 26.9 Å². The van der Waals surface area contributed by atoms with Crippen LogP contribution in [-0.4, -0.2) is 43.2 Å². The summed E-state index contributed by atoms with van der Waals surface area (Å²) in [4.78, 5) is 25.8. The van der Waals surface area contributed by atoms with Crippen molar-refractivity contribution in [2.75, 3.05) is 21.3 Å². The lowest BCUT2D eigenvalue weighted by molar-refractivity contribution is 0.0953. The molecule has 0 aliphatic heterocycles. The number of hydrogen-bond acceptors (Lipinski definition) is 8. The van der Waals surface area contributed by atoms with E-state index in [1.54, 1.807) is 12.1 Å². The van der Waals surface area contributed by atoms with Crippen LogP contribution in [0.25, 0.3) is 11.3 Å². The smallest absolute Gasteiger partial charge is 0.232 e. The van der Waals surface area contributed by atoms with Crippen LogP contribution in [0.4, 0.5) is 0 Å². The topological polar surface area (TPSA) is 108 Å². The van der Waals surface area contributed by atoms with Gasteiger partial charge in [-0.1, -0.05) is 11.2 Å². The largest absolute Gasteiger partial charge is 0.507 e. The fraction of sp³-hybridized carbons (Fsp3) is 0.150. The molecule has 1 aromatic heterocycles. The summed E-state index contributed by atoms with van der Waals surface area (Å²) < 4.78 is 21.2. The van der Waals surface area contributed by atoms with E-state index >= 15 is 0 Å². The highest BCUT2D eigenvalue weighted by molar-refractivity contribution is 6.30. The molecule has 4 rings (SSSR count). The molecule has 8 nitrogen and oxygen atoms in total. The minimum absolute atomic E-state index is 0.0201. The first-order valence-corrected chi connectivity index (χ1v) is 8.23. The number of phenolic OH excluding ortho intramolecular Hbond substituents is 1. The van der Waals surface area contributed by atoms with Crippen molar-refractivity contribution in [3.63, 3.8) is 0 Å². The average molecular weight is 381 g/mol. The lowest BCUT2D eigenvalue weighted by Crippen LogP contribution is -2.20. The van der Waals surface area contributed by atoms with E-state index in [1.165, 1.54) is 39.5 Å². The number of benzene rings is 2. The molecule has 0 saturated heterocycles. The number of fused-ring (bicyclic) bond motifs is 2. The number of carbonyl (C=O) groups is 2. The lowest BCUT2D eigenvalue weighted by atomic mass is 9.85. The molecule has 0 saturated carbocycles. The number of carbonyl (C=O) groups excluding carboxylic acids is 2. The second kappa shape index (κ2) is 6.41. The number of nitrogens with zero attached hydrogens (tertiary/aromatic N) is 1. The first kappa shape index (κ1) is 17.6. The lowest BCUT2D eigenvalue weighted by Gasteiger charge is -2.15. The highest BCUT2D eigenvalue weighted by Gasteiger charge is 2.38. The standard InChI is InChI=1S/C20H15NO7/c1-25-12-7-9(8-13(26-2)19(12)27-3)16-15-18(24)14-10(5-4-6-11(14)22)17(23)20(15)28-21-16/h4-8,22H,1-3H3. The SMILES string of the molecule is COc1cc(-c2noc3c2C(=O)c2c(O)cccc2C3=O)cc(OC)c1OC. The summed E-state index contributed by atoms with van der Waals surface area (Å²) in [5, 5.41) is 14.1. The van der Waals surface area contributed by atoms with Crippen LogP contribution >= 0.6 is 0 Å². The van der Waals surface area contributed by atoms with E-state index in [0.29, 0.717) is 22.8 Å². The highest BCUT2D eigenvalue weighted by Crippen LogP contribution is 2.43. The Labute approximate surface area is 159 Å². The molecule has 0 bridgehead atoms. The Morgan fingerprint density at radius 1 is 0.929 bits per heavy atom. The maximum Gasteiger partial charge on any atom is 0.232 e. The Hall–Kier alpha value is -3.81. The third kappa shape index (κ3) is 2.34. The Morgan fingerprint density at radius 2 is 1.61 bits per heavy atom. The molecule has 142 valence electrons. The summed E-state index contributed by atoms with van der Waals surface area (Å²) in [5.74, 6) is -0.445. The third-order valence-corrected chi connectivity index (χ3v) is 4.58. The molecule has 0 fully saturated rings. The van der Waals surface area contributed by atoms with Gasteiger partial charge in [-0.15, -0.1) is 0 Å². The molecule has 1 aliphatic carbocycles. The van der Waals surface area contributed by atoms with E-state index in [2.05, 4.69) is 5.16 Å². The Kier molecular flexibility index (Phi) is 4.03. The quantitative estimate of drug-likeness (QED) is 0.575. The van der Waals surface area contributed by atoms with Gasteiger partial charge in [-0.25, -0.2) is 0 Å². The zero-order chi connectivity index (χ0) is 20.0. The van der Waals surface area contributed by atoms with Crippen molar-refractivity contribution < 1.29 is 33.4 Å². The van der Waals surface area contributed by atoms with Crippen molar-refractivity contribution in [3.8, 4) is 34.3 Å². The molecule has 1 N–H and O–H groups in total. The molecule has 0 radical (unpaired) electrons. The molecular weight excluding hydrogens is 366 g/mol. The summed E-state index contributed by atoms with van der Waals surface area (Å²) in [7, 11) is 4.39. The monoisotopic (exact) mass is 381 g/mol. The van der Waals surface area contributed by atoms with Gasteiger partial charge in [0.1, 0.15) is 17.0 Å². The van der Waals surface area contributed by atoms with Crippen molar-refractivity contribution in [3.05, 3.63) is 52.8 Å². The van der Waals surface area contributed by atoms with Crippen molar-refractivity contribution in [1.29, 1.82) is 0 Å². The van der Waals surface area contributed by atoms with Crippen molar-refractivity contribution in [2.45, 2.75) is 0 Å². The molecular formula is C20H15NO7. The van der Waals surface area contributed by atoms with Gasteiger partial charge in [-0.05, 0) is 24.3 Å². The maximum atomic E-state index is 13.1. The fourth-order valence-corrected chi connectivity index (χ4v) is 3.29. The Bertz CT molecular complexity index is 1100. The molecule has 1 aliphatic rings. The number of aromatic nitrogens is 1. The van der Waals surface area contributed by atoms with Gasteiger partial charge in [0, 0.05) is 11.1 Å². The number of ketones is 2. The van der Waals surface area contributed by atoms with E-state index in [9.17, 15) is 14.7 Å². The predicted molar refractivity (Wildman–Crippen MR) is 96.6 cm³/mol. The highest BCUT2D eigenvalue weighted by atomic mass is 16.5. The predicted octanol–water partition coefficient (Wildman–Crippen LogP) is 2.85. The first-order valence-electron chi connectivity index (χ1n) is 8.23. The molecule has 1 heterocycles. The minimum Gasteiger partial charge on any atom is -0.507 e. The fourth-order valence-electron chi connectivity index (χ4n) is 3.29. The van der Waals surface area contributed by atoms with Crippen molar-refractivity contribution in [2.24, 2.45) is 0 Å². The number of phenols is 1. The summed E-state index contributed by atoms with van der Waals surface area (Å²) in [6.07, 6.45) is 0. The second-order valence-electron chi connectivity index (χ2n) is 6.01. The molecule has 2 aromatic carbocycles. The molecule has 0 atom stereocenters. The van der Waals surface area contributed by atoms with Crippen molar-refractivity contribution >= 4 is 11.6 Å². The first-order chi connectivity index (χ1) is 13.5. The summed E-state index contributed by atoms with van der Waals surface area (Å²) in [6.45, 7) is 0. The van der Waals surface area contributed by atoms with Crippen LogP contribution in [-0.2, 0) is 0 Å². The molecule has 8 heteroatoms. The van der Waals surface area contributed by atoms with E-state index in [0.717, 1.165) is 0 Å². The molecule has 3 aromatic rings. The van der Waals surface area contributed by atoms with Gasteiger partial charge in [0.25, 0.3) is 0 Å². The van der Waals surface area contributed by atoms with Gasteiger partial charge in [-0.3, -0.25) is 9.59 Å². The average Bonchev–Trinajstić information content (AvgIpc) is 3.16. The summed E-state index contributed by atoms with van der Waals surface area (Å²) >= 11 is 0. The Morgan fingerprint density at radius 3 is 2.21 bits per heavy atom. The van der Waals surface area contributed by atoms with Gasteiger partial charge < -0.3 is 23.8 Å². The van der Waals surface area contributed by atoms with Crippen LogP contribution < -0.4 is 14.2 Å². The molecule has 0 amide bonds. The summed E-state index contributed by atoms with van der Waals surface area (Å²) in [6, 6.07) is 7.48. The van der Waals surface area contributed by atoms with Crippen LogP contribution in [0.2, 0.25) is 0 Å². The number of ether oxygens (including phenoxy) is 3. The van der Waals surface area contributed by atoms with E-state index in [1.807, 2.05) is 0 Å². The van der Waals surface area contributed by atoms with Gasteiger partial charge in [0.2, 0.25) is 23.1 Å². The second-order valence-corrected chi connectivity index (χ2v) is 6.01. The molecule has 0 unspecified atom stereocenters. The number of rotatable bonds is 4. The van der Waals surface area contributed by atoms with Gasteiger partial charge in [-0.2, -0.15) is 0 Å². The number of methoxy groups -OCH3 is 3. The molecule has 0 spiro atoms. The zero-order valence-corrected chi connectivity index (χ0v) is 15.2. The minimum atomic E-state index is -0.548. The van der Waals surface area contributed by atoms with Gasteiger partial charge >= 0.3 is 0 Å². The van der Waals surface area contributed by atoms with E-state index in [4.69, 9.17) is 18.7 Å². The van der Waals surface area contributed by atoms with Crippen LogP contribution in [0.3, 0.4) is 0 Å². The Balaban J connectivity index is 1.95. The van der Waals surface area contributed by atoms with Crippen LogP contribution in [0.15, 0.2) is 34.9 Å². The third-order valence-electron chi connectivity index (χ3n) is 4.58. The van der Waals surface area contributed by atoms with Crippen LogP contribution in [0.1, 0.15) is 32.0 Å². The zero-order valence-electron chi connectivity index (χ0n) is 15.2. The van der Waals surface area contributed by atoms with Crippen LogP contribution in [0.5, 0.6) is 23.0 Å². The normalized spacial score (nSPS) is 12.4. The maximum absolute atomic E-state index is 13.1. The number of hydrogen-bond donors (Lipinski definition) is 1. The van der Waals surface area contributed by atoms with E-state index < -0.39 is 11.6 Å². The van der Waals surface area contributed by atoms with Crippen LogP contribution in [0, 0.1) is 0 Å². The number of aromatic hydroxyl groups is 1. The van der Waals surface area contributed by atoms with Crippen molar-refractivity contribution in [1.82, 2.24) is 5.16 Å². The van der Waals surface area contributed by atoms with E-state index in [-0.39, 0.29) is 33.9 Å². The molecule has 28 heavy (non-hydrogen) atoms. The van der Waals surface area contributed by atoms with Gasteiger partial charge in [0.15, 0.2) is 11.5 Å².